The summed E-state index contributed by atoms with van der Waals surface area (Å²) >= 11 is 0. The van der Waals surface area contributed by atoms with Gasteiger partial charge in [-0.3, -0.25) is 4.57 Å². The van der Waals surface area contributed by atoms with Gasteiger partial charge in [0.05, 0.1) is 0 Å². The van der Waals surface area contributed by atoms with Gasteiger partial charge in [-0.1, -0.05) is 24.3 Å². The van der Waals surface area contributed by atoms with Gasteiger partial charge in [-0.15, -0.1) is 10.2 Å². The SMILES string of the molecule is Cc1nnc(C2(O)C=CCCC2)n1-c1ccccc1. The third kappa shape index (κ3) is 2.08. The van der Waals surface area contributed by atoms with E-state index in [1.807, 2.05) is 54.0 Å². The number of aliphatic hydroxyl groups is 1. The van der Waals surface area contributed by atoms with E-state index in [-0.39, 0.29) is 0 Å². The van der Waals surface area contributed by atoms with Crippen molar-refractivity contribution in [1.29, 1.82) is 0 Å². The number of nitrogens with zero attached hydrogens (tertiary/aromatic N) is 3. The van der Waals surface area contributed by atoms with Crippen molar-refractivity contribution in [2.24, 2.45) is 0 Å². The molecule has 0 bridgehead atoms. The fraction of sp³-hybridized carbons (Fsp3) is 0.333. The lowest BCUT2D eigenvalue weighted by Gasteiger charge is -2.27. The van der Waals surface area contributed by atoms with Crippen molar-refractivity contribution < 1.29 is 5.11 Å². The highest BCUT2D eigenvalue weighted by molar-refractivity contribution is 5.36. The van der Waals surface area contributed by atoms with Crippen LogP contribution >= 0.6 is 0 Å². The maximum absolute atomic E-state index is 10.8. The zero-order valence-corrected chi connectivity index (χ0v) is 11.0. The Hall–Kier alpha value is -1.94. The molecule has 4 heteroatoms. The maximum atomic E-state index is 10.8. The molecular weight excluding hydrogens is 238 g/mol. The molecule has 19 heavy (non-hydrogen) atoms. The van der Waals surface area contributed by atoms with E-state index >= 15 is 0 Å². The third-order valence-corrected chi connectivity index (χ3v) is 3.55. The van der Waals surface area contributed by atoms with E-state index in [0.29, 0.717) is 12.2 Å². The number of allylic oxidation sites excluding steroid dienone is 1. The third-order valence-electron chi connectivity index (χ3n) is 3.55. The molecule has 1 aliphatic carbocycles. The first-order chi connectivity index (χ1) is 9.21. The van der Waals surface area contributed by atoms with Crippen LogP contribution in [0.5, 0.6) is 0 Å². The van der Waals surface area contributed by atoms with Crippen molar-refractivity contribution in [2.75, 3.05) is 0 Å². The summed E-state index contributed by atoms with van der Waals surface area (Å²) in [6, 6.07) is 9.90. The summed E-state index contributed by atoms with van der Waals surface area (Å²) in [4.78, 5) is 0. The van der Waals surface area contributed by atoms with Crippen LogP contribution in [-0.2, 0) is 5.60 Å². The van der Waals surface area contributed by atoms with Gasteiger partial charge < -0.3 is 5.11 Å². The number of hydrogen-bond acceptors (Lipinski definition) is 3. The molecule has 1 aliphatic rings. The molecule has 0 aliphatic heterocycles. The molecule has 98 valence electrons. The Bertz CT molecular complexity index is 603. The molecule has 0 spiro atoms. The van der Waals surface area contributed by atoms with Gasteiger partial charge in [0.2, 0.25) is 0 Å². The lowest BCUT2D eigenvalue weighted by Crippen LogP contribution is -2.29. The quantitative estimate of drug-likeness (QED) is 0.839. The largest absolute Gasteiger partial charge is 0.378 e. The smallest absolute Gasteiger partial charge is 0.173 e. The van der Waals surface area contributed by atoms with Crippen LogP contribution < -0.4 is 0 Å². The van der Waals surface area contributed by atoms with Crippen LogP contribution in [0.4, 0.5) is 0 Å². The number of para-hydroxylation sites is 1. The van der Waals surface area contributed by atoms with E-state index in [1.165, 1.54) is 0 Å². The first kappa shape index (κ1) is 12.1. The number of hydrogen-bond donors (Lipinski definition) is 1. The van der Waals surface area contributed by atoms with E-state index in [1.54, 1.807) is 0 Å². The van der Waals surface area contributed by atoms with E-state index in [4.69, 9.17) is 0 Å². The normalized spacial score (nSPS) is 22.6. The highest BCUT2D eigenvalue weighted by atomic mass is 16.3. The molecule has 1 N–H and O–H groups in total. The molecule has 0 saturated heterocycles. The monoisotopic (exact) mass is 255 g/mol. The molecule has 1 heterocycles. The molecular formula is C15H17N3O. The molecule has 2 aromatic rings. The molecule has 3 rings (SSSR count). The Balaban J connectivity index is 2.14. The Morgan fingerprint density at radius 2 is 2.00 bits per heavy atom. The van der Waals surface area contributed by atoms with Gasteiger partial charge in [-0.05, 0) is 44.4 Å². The fourth-order valence-electron chi connectivity index (χ4n) is 2.57. The standard InChI is InChI=1S/C15H17N3O/c1-12-16-17-14(15(19)10-6-3-7-11-15)18(12)13-8-4-2-5-9-13/h2,4-6,8-10,19H,3,7,11H2,1H3. The fourth-order valence-corrected chi connectivity index (χ4v) is 2.57. The molecule has 0 amide bonds. The second-order valence-electron chi connectivity index (χ2n) is 4.96. The number of aromatic nitrogens is 3. The Kier molecular flexibility index (Phi) is 2.95. The van der Waals surface area contributed by atoms with Gasteiger partial charge in [0.1, 0.15) is 11.4 Å². The van der Waals surface area contributed by atoms with Crippen LogP contribution in [-0.4, -0.2) is 19.9 Å². The molecule has 1 atom stereocenters. The molecule has 1 aromatic carbocycles. The van der Waals surface area contributed by atoms with Crippen molar-refractivity contribution in [3.8, 4) is 5.69 Å². The van der Waals surface area contributed by atoms with Crippen molar-refractivity contribution >= 4 is 0 Å². The Labute approximate surface area is 112 Å². The van der Waals surface area contributed by atoms with Gasteiger partial charge >= 0.3 is 0 Å². The van der Waals surface area contributed by atoms with Crippen LogP contribution in [0.3, 0.4) is 0 Å². The van der Waals surface area contributed by atoms with Crippen LogP contribution in [0, 0.1) is 6.92 Å². The summed E-state index contributed by atoms with van der Waals surface area (Å²) in [5, 5.41) is 19.1. The second-order valence-corrected chi connectivity index (χ2v) is 4.96. The Morgan fingerprint density at radius 1 is 1.21 bits per heavy atom. The average molecular weight is 255 g/mol. The molecule has 0 fully saturated rings. The summed E-state index contributed by atoms with van der Waals surface area (Å²) < 4.78 is 1.93. The lowest BCUT2D eigenvalue weighted by atomic mass is 9.90. The van der Waals surface area contributed by atoms with Crippen molar-refractivity contribution in [3.05, 3.63) is 54.1 Å². The summed E-state index contributed by atoms with van der Waals surface area (Å²) in [5.74, 6) is 1.39. The maximum Gasteiger partial charge on any atom is 0.173 e. The summed E-state index contributed by atoms with van der Waals surface area (Å²) in [5.41, 5.74) is -0.0255. The highest BCUT2D eigenvalue weighted by Gasteiger charge is 2.34. The first-order valence-electron chi connectivity index (χ1n) is 6.59. The van der Waals surface area contributed by atoms with E-state index in [9.17, 15) is 5.11 Å². The van der Waals surface area contributed by atoms with Crippen LogP contribution in [0.15, 0.2) is 42.5 Å². The number of aryl methyl sites for hydroxylation is 1. The number of rotatable bonds is 2. The van der Waals surface area contributed by atoms with Crippen molar-refractivity contribution in [1.82, 2.24) is 14.8 Å². The molecule has 1 unspecified atom stereocenters. The first-order valence-corrected chi connectivity index (χ1v) is 6.59. The summed E-state index contributed by atoms with van der Waals surface area (Å²) in [6.07, 6.45) is 6.53. The minimum Gasteiger partial charge on any atom is -0.378 e. The minimum atomic E-state index is -1.00. The molecule has 0 saturated carbocycles. The van der Waals surface area contributed by atoms with Crippen molar-refractivity contribution in [3.63, 3.8) is 0 Å². The number of benzene rings is 1. The topological polar surface area (TPSA) is 50.9 Å². The average Bonchev–Trinajstić information content (AvgIpc) is 2.83. The van der Waals surface area contributed by atoms with E-state index in [0.717, 1.165) is 24.4 Å². The predicted octanol–water partition coefficient (Wildman–Crippen LogP) is 2.50. The lowest BCUT2D eigenvalue weighted by molar-refractivity contribution is 0.0613. The van der Waals surface area contributed by atoms with Gasteiger partial charge in [-0.2, -0.15) is 0 Å². The van der Waals surface area contributed by atoms with Crippen LogP contribution in [0.2, 0.25) is 0 Å². The van der Waals surface area contributed by atoms with Crippen LogP contribution in [0.1, 0.15) is 30.9 Å². The van der Waals surface area contributed by atoms with Gasteiger partial charge in [0.15, 0.2) is 5.82 Å². The van der Waals surface area contributed by atoms with Gasteiger partial charge in [0.25, 0.3) is 0 Å². The molecule has 1 aromatic heterocycles. The second kappa shape index (κ2) is 4.63. The summed E-state index contributed by atoms with van der Waals surface area (Å²) in [6.45, 7) is 1.90. The predicted molar refractivity (Wildman–Crippen MR) is 73.0 cm³/mol. The highest BCUT2D eigenvalue weighted by Crippen LogP contribution is 2.32. The van der Waals surface area contributed by atoms with Crippen molar-refractivity contribution in [2.45, 2.75) is 31.8 Å². The minimum absolute atomic E-state index is 0.604. The molecule has 0 radical (unpaired) electrons. The van der Waals surface area contributed by atoms with E-state index in [2.05, 4.69) is 10.2 Å². The van der Waals surface area contributed by atoms with Gasteiger partial charge in [0, 0.05) is 5.69 Å². The van der Waals surface area contributed by atoms with E-state index < -0.39 is 5.60 Å². The Morgan fingerprint density at radius 3 is 2.68 bits per heavy atom. The zero-order valence-electron chi connectivity index (χ0n) is 11.0. The van der Waals surface area contributed by atoms with Crippen LogP contribution in [0.25, 0.3) is 5.69 Å². The summed E-state index contributed by atoms with van der Waals surface area (Å²) in [7, 11) is 0. The van der Waals surface area contributed by atoms with Gasteiger partial charge in [-0.25, -0.2) is 0 Å². The zero-order chi connectivity index (χ0) is 13.3. The molecule has 4 nitrogen and oxygen atoms in total.